The van der Waals surface area contributed by atoms with Crippen LogP contribution in [-0.4, -0.2) is 33.2 Å². The van der Waals surface area contributed by atoms with Crippen molar-refractivity contribution in [3.63, 3.8) is 0 Å². The molecule has 7 nitrogen and oxygen atoms in total. The summed E-state index contributed by atoms with van der Waals surface area (Å²) >= 11 is 9.17. The number of rotatable bonds is 0. The topological polar surface area (TPSA) is 68.5 Å². The first-order valence-corrected chi connectivity index (χ1v) is 40.2. The summed E-state index contributed by atoms with van der Waals surface area (Å²) in [4.78, 5) is 0. The zero-order valence-electron chi connectivity index (χ0n) is 72.0. The third kappa shape index (κ3) is 28.6. The Morgan fingerprint density at radius 1 is 0.327 bits per heavy atom. The molecule has 14 rings (SSSR count). The number of aryl methyl sites for hydroxylation is 1. The van der Waals surface area contributed by atoms with E-state index < -0.39 is 0 Å². The van der Waals surface area contributed by atoms with Gasteiger partial charge in [0.15, 0.2) is 23.0 Å². The Morgan fingerprint density at radius 3 is 1.29 bits per heavy atom. The fourth-order valence-electron chi connectivity index (χ4n) is 12.0. The summed E-state index contributed by atoms with van der Waals surface area (Å²) in [5, 5.41) is 1.98. The van der Waals surface area contributed by atoms with Crippen molar-refractivity contribution in [2.45, 2.75) is 255 Å². The molecular weight excluding hydrogens is 1450 g/mol. The number of ether oxygens (including phenoxy) is 6. The van der Waals surface area contributed by atoms with Crippen LogP contribution in [0.5, 0.6) is 34.5 Å². The van der Waals surface area contributed by atoms with Crippen molar-refractivity contribution in [2.75, 3.05) is 33.2 Å². The van der Waals surface area contributed by atoms with Crippen molar-refractivity contribution in [1.29, 1.82) is 0 Å². The summed E-state index contributed by atoms with van der Waals surface area (Å²) in [6.45, 7) is 64.9. The van der Waals surface area contributed by atoms with Crippen molar-refractivity contribution >= 4 is 38.5 Å². The minimum Gasteiger partial charge on any atom is -0.493 e. The molecule has 0 fully saturated rings. The quantitative estimate of drug-likeness (QED) is 0.150. The van der Waals surface area contributed by atoms with Gasteiger partial charge in [-0.15, -0.1) is 0 Å². The number of fused-ring (bicyclic) bond motifs is 5. The van der Waals surface area contributed by atoms with Gasteiger partial charge >= 0.3 is 0 Å². The summed E-state index contributed by atoms with van der Waals surface area (Å²) in [5.41, 5.74) is 18.7. The highest BCUT2D eigenvalue weighted by Crippen LogP contribution is 2.42. The molecular formula is C100H131BrClFO7. The largest absolute Gasteiger partial charge is 0.493 e. The van der Waals surface area contributed by atoms with E-state index in [0.29, 0.717) is 25.4 Å². The predicted molar refractivity (Wildman–Crippen MR) is 469 cm³/mol. The van der Waals surface area contributed by atoms with Gasteiger partial charge in [0.1, 0.15) is 36.1 Å². The first kappa shape index (κ1) is 90.9. The lowest BCUT2D eigenvalue weighted by Crippen LogP contribution is -2.20. The monoisotopic (exact) mass is 1580 g/mol. The molecule has 0 saturated carbocycles. The Labute approximate surface area is 676 Å². The van der Waals surface area contributed by atoms with Gasteiger partial charge in [-0.05, 0) is 184 Å². The average molecular weight is 1580 g/mol. The molecule has 0 radical (unpaired) electrons. The first-order chi connectivity index (χ1) is 50.9. The molecule has 10 heteroatoms. The lowest BCUT2D eigenvalue weighted by Gasteiger charge is -2.27. The highest BCUT2D eigenvalue weighted by atomic mass is 79.9. The van der Waals surface area contributed by atoms with E-state index in [9.17, 15) is 4.39 Å². The van der Waals surface area contributed by atoms with E-state index in [-0.39, 0.29) is 49.1 Å². The second-order valence-electron chi connectivity index (χ2n) is 38.0. The smallest absolute Gasteiger partial charge is 0.231 e. The van der Waals surface area contributed by atoms with Gasteiger partial charge in [0.05, 0.1) is 19.5 Å². The maximum absolute atomic E-state index is 12.5. The van der Waals surface area contributed by atoms with E-state index in [2.05, 4.69) is 343 Å². The van der Waals surface area contributed by atoms with Crippen molar-refractivity contribution in [3.8, 4) is 34.5 Å². The van der Waals surface area contributed by atoms with Crippen LogP contribution in [0.15, 0.2) is 209 Å². The Balaban J connectivity index is 0.000000194. The summed E-state index contributed by atoms with van der Waals surface area (Å²) < 4.78 is 51.9. The molecule has 0 spiro atoms. The molecule has 10 aromatic rings. The van der Waals surface area contributed by atoms with Crippen LogP contribution in [0.2, 0.25) is 5.02 Å². The lowest BCUT2D eigenvalue weighted by molar-refractivity contribution is 0.168. The van der Waals surface area contributed by atoms with Crippen LogP contribution in [0, 0.1) is 12.7 Å². The van der Waals surface area contributed by atoms with E-state index in [1.54, 1.807) is 6.26 Å². The zero-order valence-corrected chi connectivity index (χ0v) is 74.3. The highest BCUT2D eigenvalue weighted by molar-refractivity contribution is 9.10. The molecule has 4 aliphatic heterocycles. The Hall–Kier alpha value is -7.98. The molecule has 4 aliphatic rings. The van der Waals surface area contributed by atoms with E-state index in [0.717, 1.165) is 75.6 Å². The second-order valence-corrected chi connectivity index (χ2v) is 39.3. The number of furan rings is 1. The van der Waals surface area contributed by atoms with Gasteiger partial charge < -0.3 is 32.8 Å². The molecule has 0 atom stereocenters. The van der Waals surface area contributed by atoms with Crippen LogP contribution in [-0.2, 0) is 61.6 Å². The van der Waals surface area contributed by atoms with E-state index in [1.165, 1.54) is 84.3 Å². The fourth-order valence-corrected chi connectivity index (χ4v) is 12.4. The maximum atomic E-state index is 12.5. The van der Waals surface area contributed by atoms with Crippen LogP contribution in [0.25, 0.3) is 11.0 Å². The number of para-hydroxylation sites is 1. The van der Waals surface area contributed by atoms with Crippen LogP contribution < -0.4 is 28.4 Å². The molecule has 0 amide bonds. The normalized spacial score (nSPS) is 13.4. The van der Waals surface area contributed by atoms with Gasteiger partial charge in [0, 0.05) is 38.9 Å². The fraction of sp³-hybridized carbons (Fsp3) is 0.440. The minimum absolute atomic E-state index is 0.103. The van der Waals surface area contributed by atoms with E-state index in [1.807, 2.05) is 48.5 Å². The van der Waals surface area contributed by atoms with Gasteiger partial charge in [-0.2, -0.15) is 0 Å². The molecule has 5 heterocycles. The second kappa shape index (κ2) is 38.5. The van der Waals surface area contributed by atoms with Gasteiger partial charge in [-0.3, -0.25) is 0 Å². The summed E-state index contributed by atoms with van der Waals surface area (Å²) in [5.74, 6) is 5.58. The Kier molecular flexibility index (Phi) is 31.8. The number of benzene rings is 9. The van der Waals surface area contributed by atoms with E-state index in [4.69, 9.17) is 44.4 Å². The van der Waals surface area contributed by atoms with Gasteiger partial charge in [0.2, 0.25) is 6.79 Å². The Bertz CT molecular complexity index is 4270. The maximum Gasteiger partial charge on any atom is 0.231 e. The molecule has 594 valence electrons. The summed E-state index contributed by atoms with van der Waals surface area (Å²) in [7, 11) is 0. The average Bonchev–Trinajstić information content (AvgIpc) is 1.62. The number of halogens is 3. The molecule has 1 aromatic heterocycles. The van der Waals surface area contributed by atoms with Crippen LogP contribution in [0.4, 0.5) is 4.39 Å². The molecule has 0 bridgehead atoms. The number of hydrogen-bond donors (Lipinski definition) is 0. The highest BCUT2D eigenvalue weighted by Gasteiger charge is 2.27. The SMILES string of the molecule is CC(C)(C)c1ccc(Br)cc1.CC(C)(C)c1ccc(Cl)cc1.CC(C)(C)c1ccc(F)cc1.CC(C)(C)c1ccc2c(c1)OCC2.CC(C)(C)c1ccc2c(c1)OCO2.CC(C)(C)c1ccc2ccoc2c1.CC(C)(C)c1cccc2c1OCCO2.CC(C)(C)c1ccccc1.Cc1ccc(C(C)(C)C)c2c1OCC2. The van der Waals surface area contributed by atoms with Crippen molar-refractivity contribution in [3.05, 3.63) is 282 Å². The van der Waals surface area contributed by atoms with Crippen molar-refractivity contribution in [2.24, 2.45) is 0 Å². The summed E-state index contributed by atoms with van der Waals surface area (Å²) in [6.07, 6.45) is 3.88. The Morgan fingerprint density at radius 2 is 0.764 bits per heavy atom. The molecule has 0 saturated heterocycles. The first-order valence-electron chi connectivity index (χ1n) is 39.0. The predicted octanol–water partition coefficient (Wildman–Crippen LogP) is 28.8. The standard InChI is InChI=1S/C13H18O.C12H16O2.C12H16O.C12H14O.C11H14O2.C10H13Br.C10H13Cl.C10H13F.C10H14/c1-9-5-6-11(13(2,3)4)10-7-8-14-12(9)10;1-12(2,3)9-5-4-6-10-11(9)14-8-7-13-10;2*1-12(2,3)10-5-4-9-6-7-13-11(9)8-10;1-11(2,3)8-4-5-9-10(6-8)13-7-12-9;3*1-10(2,3)8-4-6-9(11)7-5-8;1-10(2,3)9-7-5-4-6-8-9/h5-6H,7-8H2,1-4H3;4-6H,7-8H2,1-3H3;4-5,8H,6-7H2,1-3H3;4-8H,1-3H3;4-6H,7H2,1-3H3;3*4-7H,1-3H3;4-8H,1-3H3. The minimum atomic E-state index is -0.169. The summed E-state index contributed by atoms with van der Waals surface area (Å²) in [6, 6.07) is 65.3. The van der Waals surface area contributed by atoms with Crippen molar-refractivity contribution < 1.29 is 37.2 Å². The molecule has 110 heavy (non-hydrogen) atoms. The van der Waals surface area contributed by atoms with Crippen LogP contribution >= 0.6 is 27.5 Å². The van der Waals surface area contributed by atoms with Gasteiger partial charge in [-0.1, -0.05) is 336 Å². The number of hydrogen-bond acceptors (Lipinski definition) is 7. The van der Waals surface area contributed by atoms with Crippen LogP contribution in [0.1, 0.15) is 254 Å². The van der Waals surface area contributed by atoms with Gasteiger partial charge in [-0.25, -0.2) is 4.39 Å². The van der Waals surface area contributed by atoms with Crippen LogP contribution in [0.3, 0.4) is 0 Å². The molecule has 0 unspecified atom stereocenters. The molecule has 9 aromatic carbocycles. The third-order valence-corrected chi connectivity index (χ3v) is 19.9. The molecule has 0 aliphatic carbocycles. The molecule has 0 N–H and O–H groups in total. The van der Waals surface area contributed by atoms with E-state index >= 15 is 0 Å². The van der Waals surface area contributed by atoms with Gasteiger partial charge in [0.25, 0.3) is 0 Å². The van der Waals surface area contributed by atoms with Crippen molar-refractivity contribution in [1.82, 2.24) is 0 Å². The lowest BCUT2D eigenvalue weighted by atomic mass is 9.82. The zero-order chi connectivity index (χ0) is 82.0. The third-order valence-electron chi connectivity index (χ3n) is 19.1.